The molecule has 4 aromatic rings. The second-order valence-electron chi connectivity index (χ2n) is 7.71. The van der Waals surface area contributed by atoms with Gasteiger partial charge in [-0.25, -0.2) is 4.98 Å². The van der Waals surface area contributed by atoms with E-state index in [0.29, 0.717) is 0 Å². The van der Waals surface area contributed by atoms with E-state index in [9.17, 15) is 0 Å². The highest BCUT2D eigenvalue weighted by atomic mass is 15.0. The average molecular weight is 367 g/mol. The molecule has 2 heterocycles. The van der Waals surface area contributed by atoms with Crippen molar-refractivity contribution in [2.24, 2.45) is 0 Å². The van der Waals surface area contributed by atoms with Crippen molar-refractivity contribution in [2.75, 3.05) is 0 Å². The summed E-state index contributed by atoms with van der Waals surface area (Å²) in [6.07, 6.45) is 6.90. The van der Waals surface area contributed by atoms with E-state index in [2.05, 4.69) is 66.9 Å². The van der Waals surface area contributed by atoms with Gasteiger partial charge < -0.3 is 4.57 Å². The Labute approximate surface area is 166 Å². The highest BCUT2D eigenvalue weighted by Crippen LogP contribution is 2.37. The Balaban J connectivity index is 1.85. The van der Waals surface area contributed by atoms with E-state index in [4.69, 9.17) is 4.98 Å². The molecule has 140 valence electrons. The molecular weight excluding hydrogens is 342 g/mol. The molecular formula is C25H25N3. The molecule has 0 spiro atoms. The maximum atomic E-state index is 4.75. The van der Waals surface area contributed by atoms with E-state index >= 15 is 0 Å². The molecule has 0 bridgehead atoms. The van der Waals surface area contributed by atoms with Crippen molar-refractivity contribution in [1.82, 2.24) is 14.5 Å². The lowest BCUT2D eigenvalue weighted by Gasteiger charge is -2.26. The van der Waals surface area contributed by atoms with E-state index in [-0.39, 0.29) is 5.41 Å². The van der Waals surface area contributed by atoms with Gasteiger partial charge in [0.1, 0.15) is 0 Å². The van der Waals surface area contributed by atoms with E-state index < -0.39 is 0 Å². The monoisotopic (exact) mass is 367 g/mol. The van der Waals surface area contributed by atoms with Gasteiger partial charge in [0.05, 0.1) is 17.7 Å². The number of pyridine rings is 1. The molecule has 0 aliphatic heterocycles. The quantitative estimate of drug-likeness (QED) is 0.415. The molecule has 0 amide bonds. The van der Waals surface area contributed by atoms with Gasteiger partial charge in [-0.1, -0.05) is 57.2 Å². The van der Waals surface area contributed by atoms with Gasteiger partial charge in [-0.15, -0.1) is 0 Å². The highest BCUT2D eigenvalue weighted by molar-refractivity contribution is 5.73. The van der Waals surface area contributed by atoms with Crippen LogP contribution in [0.2, 0.25) is 0 Å². The molecule has 0 saturated heterocycles. The fraction of sp³-hybridized carbons (Fsp3) is 0.200. The molecule has 0 aliphatic rings. The van der Waals surface area contributed by atoms with Crippen LogP contribution < -0.4 is 0 Å². The minimum absolute atomic E-state index is 0.0640. The molecule has 28 heavy (non-hydrogen) atoms. The lowest BCUT2D eigenvalue weighted by molar-refractivity contribution is 0.507. The lowest BCUT2D eigenvalue weighted by atomic mass is 9.78. The van der Waals surface area contributed by atoms with Gasteiger partial charge >= 0.3 is 0 Å². The third-order valence-electron chi connectivity index (χ3n) is 5.51. The Morgan fingerprint density at radius 1 is 0.857 bits per heavy atom. The maximum absolute atomic E-state index is 4.75. The molecule has 0 saturated carbocycles. The third-order valence-corrected chi connectivity index (χ3v) is 5.51. The predicted molar refractivity (Wildman–Crippen MR) is 116 cm³/mol. The average Bonchev–Trinajstić information content (AvgIpc) is 3.25. The van der Waals surface area contributed by atoms with Crippen LogP contribution >= 0.6 is 0 Å². The number of rotatable bonds is 5. The van der Waals surface area contributed by atoms with Crippen LogP contribution in [0.4, 0.5) is 0 Å². The summed E-state index contributed by atoms with van der Waals surface area (Å²) < 4.78 is 2.07. The minimum atomic E-state index is 0.0640. The molecule has 2 aromatic carbocycles. The van der Waals surface area contributed by atoms with Crippen molar-refractivity contribution >= 4 is 0 Å². The second kappa shape index (κ2) is 7.43. The van der Waals surface area contributed by atoms with Crippen molar-refractivity contribution in [2.45, 2.75) is 32.6 Å². The number of nitrogens with zero attached hydrogens (tertiary/aromatic N) is 3. The third kappa shape index (κ3) is 3.48. The number of aromatic nitrogens is 3. The standard InChI is InChI=1S/C25H25N3/c1-4-25(2,3)22-14-13-19(23-12-8-9-15-26-23)16-21(22)24-17-28(18-27-24)20-10-6-5-7-11-20/h5-18H,4H2,1-3H3. The van der Waals surface area contributed by atoms with Crippen LogP contribution in [-0.4, -0.2) is 14.5 Å². The van der Waals surface area contributed by atoms with Crippen molar-refractivity contribution in [1.29, 1.82) is 0 Å². The first-order chi connectivity index (χ1) is 13.6. The van der Waals surface area contributed by atoms with Gasteiger partial charge in [-0.05, 0) is 47.7 Å². The van der Waals surface area contributed by atoms with Crippen LogP contribution in [0, 0.1) is 0 Å². The Morgan fingerprint density at radius 3 is 2.36 bits per heavy atom. The highest BCUT2D eigenvalue weighted by Gasteiger charge is 2.23. The molecule has 0 aliphatic carbocycles. The summed E-state index contributed by atoms with van der Waals surface area (Å²) in [7, 11) is 0. The topological polar surface area (TPSA) is 30.7 Å². The minimum Gasteiger partial charge on any atom is -0.306 e. The summed E-state index contributed by atoms with van der Waals surface area (Å²) in [5.74, 6) is 0. The number of imidazole rings is 1. The molecule has 0 N–H and O–H groups in total. The van der Waals surface area contributed by atoms with E-state index in [1.165, 1.54) is 11.1 Å². The SMILES string of the molecule is CCC(C)(C)c1ccc(-c2ccccn2)cc1-c1cn(-c2ccccc2)cn1. The number of benzene rings is 2. The Bertz CT molecular complexity index is 1060. The predicted octanol–water partition coefficient (Wildman–Crippen LogP) is 6.29. The van der Waals surface area contributed by atoms with Crippen LogP contribution in [-0.2, 0) is 5.41 Å². The molecule has 2 aromatic heterocycles. The maximum Gasteiger partial charge on any atom is 0.0999 e. The summed E-state index contributed by atoms with van der Waals surface area (Å²) in [5.41, 5.74) is 6.73. The van der Waals surface area contributed by atoms with Crippen LogP contribution in [0.25, 0.3) is 28.2 Å². The van der Waals surface area contributed by atoms with Crippen LogP contribution in [0.1, 0.15) is 32.8 Å². The zero-order chi connectivity index (χ0) is 19.6. The molecule has 0 atom stereocenters. The summed E-state index contributed by atoms with van der Waals surface area (Å²) in [6.45, 7) is 6.82. The number of para-hydroxylation sites is 1. The fourth-order valence-electron chi connectivity index (χ4n) is 3.43. The number of hydrogen-bond donors (Lipinski definition) is 0. The van der Waals surface area contributed by atoms with Gasteiger partial charge in [0.25, 0.3) is 0 Å². The number of hydrogen-bond acceptors (Lipinski definition) is 2. The summed E-state index contributed by atoms with van der Waals surface area (Å²) in [4.78, 5) is 9.27. The molecule has 3 nitrogen and oxygen atoms in total. The molecule has 3 heteroatoms. The zero-order valence-electron chi connectivity index (χ0n) is 16.6. The summed E-state index contributed by atoms with van der Waals surface area (Å²) >= 11 is 0. The Morgan fingerprint density at radius 2 is 1.64 bits per heavy atom. The van der Waals surface area contributed by atoms with E-state index in [1.807, 2.05) is 48.9 Å². The van der Waals surface area contributed by atoms with Gasteiger partial charge in [-0.2, -0.15) is 0 Å². The lowest BCUT2D eigenvalue weighted by Crippen LogP contribution is -2.17. The normalized spacial score (nSPS) is 11.5. The van der Waals surface area contributed by atoms with E-state index in [1.54, 1.807) is 0 Å². The van der Waals surface area contributed by atoms with Crippen molar-refractivity contribution in [3.05, 3.63) is 91.0 Å². The largest absolute Gasteiger partial charge is 0.306 e. The first-order valence-corrected chi connectivity index (χ1v) is 9.74. The first kappa shape index (κ1) is 18.2. The van der Waals surface area contributed by atoms with Gasteiger partial charge in [0.2, 0.25) is 0 Å². The van der Waals surface area contributed by atoms with E-state index in [0.717, 1.165) is 29.1 Å². The van der Waals surface area contributed by atoms with Crippen molar-refractivity contribution in [3.63, 3.8) is 0 Å². The molecule has 0 unspecified atom stereocenters. The van der Waals surface area contributed by atoms with Gasteiger partial charge in [0, 0.05) is 29.2 Å². The van der Waals surface area contributed by atoms with Crippen LogP contribution in [0.3, 0.4) is 0 Å². The Kier molecular flexibility index (Phi) is 4.82. The fourth-order valence-corrected chi connectivity index (χ4v) is 3.43. The Hall–Kier alpha value is -3.20. The second-order valence-corrected chi connectivity index (χ2v) is 7.71. The van der Waals surface area contributed by atoms with Crippen molar-refractivity contribution in [3.8, 4) is 28.2 Å². The molecule has 0 radical (unpaired) electrons. The zero-order valence-corrected chi connectivity index (χ0v) is 16.6. The van der Waals surface area contributed by atoms with Crippen molar-refractivity contribution < 1.29 is 0 Å². The van der Waals surface area contributed by atoms with Crippen LogP contribution in [0.5, 0.6) is 0 Å². The molecule has 4 rings (SSSR count). The molecule has 0 fully saturated rings. The first-order valence-electron chi connectivity index (χ1n) is 9.74. The summed E-state index contributed by atoms with van der Waals surface area (Å²) in [6, 6.07) is 23.0. The van der Waals surface area contributed by atoms with Gasteiger partial charge in [-0.3, -0.25) is 4.98 Å². The van der Waals surface area contributed by atoms with Crippen LogP contribution in [0.15, 0.2) is 85.5 Å². The van der Waals surface area contributed by atoms with Gasteiger partial charge in [0.15, 0.2) is 0 Å². The summed E-state index contributed by atoms with van der Waals surface area (Å²) in [5, 5.41) is 0. The smallest absolute Gasteiger partial charge is 0.0999 e.